The van der Waals surface area contributed by atoms with E-state index in [0.717, 1.165) is 0 Å². The van der Waals surface area contributed by atoms with Crippen molar-refractivity contribution in [1.29, 1.82) is 0 Å². The summed E-state index contributed by atoms with van der Waals surface area (Å²) in [6.07, 6.45) is 8.05. The highest BCUT2D eigenvalue weighted by Crippen LogP contribution is 2.33. The van der Waals surface area contributed by atoms with Gasteiger partial charge < -0.3 is 0 Å². The zero-order valence-corrected chi connectivity index (χ0v) is 8.89. The number of rotatable bonds is 2. The lowest BCUT2D eigenvalue weighted by atomic mass is 10.0. The normalized spacial score (nSPS) is 20.2. The smallest absolute Gasteiger partial charge is 0.224 e. The topological polar surface area (TPSA) is 29.4 Å². The first-order valence-corrected chi connectivity index (χ1v) is 7.56. The van der Waals surface area contributed by atoms with Gasteiger partial charge in [-0.05, 0) is 31.5 Å². The van der Waals surface area contributed by atoms with E-state index in [0.29, 0.717) is 0 Å². The maximum Gasteiger partial charge on any atom is 0.224 e. The summed E-state index contributed by atoms with van der Waals surface area (Å²) in [5.41, 5.74) is 1.55. The van der Waals surface area contributed by atoms with Crippen LogP contribution in [-0.2, 0) is 4.79 Å². The van der Waals surface area contributed by atoms with E-state index in [4.69, 9.17) is 0 Å². The van der Waals surface area contributed by atoms with Crippen molar-refractivity contribution in [1.82, 2.24) is 0 Å². The van der Waals surface area contributed by atoms with E-state index in [1.807, 2.05) is 0 Å². The highest BCUT2D eigenvalue weighted by atomic mass is 28.3. The molecule has 0 heterocycles. The lowest BCUT2D eigenvalue weighted by Gasteiger charge is -2.29. The molecule has 1 radical (unpaired) electrons. The fourth-order valence-corrected chi connectivity index (χ4v) is 3.75. The van der Waals surface area contributed by atoms with Crippen molar-refractivity contribution in [2.75, 3.05) is 0 Å². The van der Waals surface area contributed by atoms with Crippen molar-refractivity contribution in [3.05, 3.63) is 5.54 Å². The van der Waals surface area contributed by atoms with Crippen molar-refractivity contribution in [2.45, 2.75) is 45.2 Å². The third-order valence-electron chi connectivity index (χ3n) is 2.65. The quantitative estimate of drug-likeness (QED) is 0.367. The molecule has 0 aliphatic heterocycles. The highest BCUT2D eigenvalue weighted by Gasteiger charge is 2.33. The van der Waals surface area contributed by atoms with Gasteiger partial charge >= 0.3 is 0 Å². The van der Waals surface area contributed by atoms with Crippen LogP contribution in [-0.4, -0.2) is 14.3 Å². The van der Waals surface area contributed by atoms with Crippen molar-refractivity contribution >= 4 is 14.3 Å². The molecule has 0 amide bonds. The molecule has 0 aromatic carbocycles. The Labute approximate surface area is 75.2 Å². The van der Waals surface area contributed by atoms with Crippen molar-refractivity contribution in [2.24, 2.45) is 4.66 Å². The van der Waals surface area contributed by atoms with Crippen molar-refractivity contribution < 1.29 is 4.79 Å². The Morgan fingerprint density at radius 1 is 1.25 bits per heavy atom. The summed E-state index contributed by atoms with van der Waals surface area (Å²) in [6, 6.07) is 0. The van der Waals surface area contributed by atoms with Crippen molar-refractivity contribution in [3.8, 4) is 0 Å². The second kappa shape index (κ2) is 4.01. The molecule has 1 aliphatic rings. The fourth-order valence-electron chi connectivity index (χ4n) is 1.78. The Balaban J connectivity index is 2.59. The predicted octanol–water partition coefficient (Wildman–Crippen LogP) is 2.61. The molecule has 1 fully saturated rings. The minimum Gasteiger partial charge on any atom is -0.247 e. The van der Waals surface area contributed by atoms with Crippen LogP contribution >= 0.6 is 0 Å². The summed E-state index contributed by atoms with van der Waals surface area (Å²) in [5, 5.41) is 0. The Bertz CT molecular complexity index is 191. The largest absolute Gasteiger partial charge is 0.247 e. The number of nitrogens with zero attached hydrogens (tertiary/aromatic N) is 1. The molecule has 2 nitrogen and oxygen atoms in total. The summed E-state index contributed by atoms with van der Waals surface area (Å²) in [4.78, 5) is 10.2. The van der Waals surface area contributed by atoms with Crippen LogP contribution in [0, 0.1) is 5.54 Å². The SMILES string of the molecule is C[Si](C)(N=C=O)[C]1CCCCC1. The average Bonchev–Trinajstić information content (AvgIpc) is 2.06. The first kappa shape index (κ1) is 9.68. The van der Waals surface area contributed by atoms with Crippen molar-refractivity contribution in [3.63, 3.8) is 0 Å². The van der Waals surface area contributed by atoms with Gasteiger partial charge in [0.1, 0.15) is 0 Å². The lowest BCUT2D eigenvalue weighted by Crippen LogP contribution is -2.34. The van der Waals surface area contributed by atoms with E-state index in [1.54, 1.807) is 11.6 Å². The molecule has 1 rings (SSSR count). The van der Waals surface area contributed by atoms with Crippen LogP contribution in [0.2, 0.25) is 13.1 Å². The molecule has 0 unspecified atom stereocenters. The summed E-state index contributed by atoms with van der Waals surface area (Å²) in [6.45, 7) is 4.27. The Kier molecular flexibility index (Phi) is 3.24. The highest BCUT2D eigenvalue weighted by molar-refractivity contribution is 6.81. The van der Waals surface area contributed by atoms with Gasteiger partial charge in [-0.15, -0.1) is 0 Å². The van der Waals surface area contributed by atoms with Crippen LogP contribution in [0.5, 0.6) is 0 Å². The molecular formula is C9H16NOSi. The van der Waals surface area contributed by atoms with Gasteiger partial charge in [0.05, 0.1) is 0 Å². The van der Waals surface area contributed by atoms with Gasteiger partial charge in [0.2, 0.25) is 6.08 Å². The summed E-state index contributed by atoms with van der Waals surface area (Å²) < 4.78 is 3.98. The first-order valence-electron chi connectivity index (χ1n) is 4.61. The van der Waals surface area contributed by atoms with E-state index in [1.165, 1.54) is 32.1 Å². The van der Waals surface area contributed by atoms with Gasteiger partial charge in [-0.3, -0.25) is 0 Å². The molecule has 0 atom stereocenters. The number of isocyanates is 1. The van der Waals surface area contributed by atoms with E-state index in [2.05, 4.69) is 17.8 Å². The molecule has 0 aromatic rings. The second-order valence-electron chi connectivity index (χ2n) is 3.93. The van der Waals surface area contributed by atoms with Crippen LogP contribution in [0.3, 0.4) is 0 Å². The summed E-state index contributed by atoms with van der Waals surface area (Å²) in [5.74, 6) is 0. The zero-order chi connectivity index (χ0) is 9.03. The fraction of sp³-hybridized carbons (Fsp3) is 0.778. The van der Waals surface area contributed by atoms with E-state index >= 15 is 0 Å². The van der Waals surface area contributed by atoms with Crippen LogP contribution in [0.15, 0.2) is 4.66 Å². The second-order valence-corrected chi connectivity index (χ2v) is 7.98. The summed E-state index contributed by atoms with van der Waals surface area (Å²) >= 11 is 0. The van der Waals surface area contributed by atoms with Gasteiger partial charge in [0.15, 0.2) is 8.24 Å². The Morgan fingerprint density at radius 2 is 1.83 bits per heavy atom. The lowest BCUT2D eigenvalue weighted by molar-refractivity contribution is 0.561. The van der Waals surface area contributed by atoms with Gasteiger partial charge in [-0.1, -0.05) is 19.3 Å². The van der Waals surface area contributed by atoms with E-state index in [-0.39, 0.29) is 0 Å². The molecule has 0 spiro atoms. The first-order chi connectivity index (χ1) is 5.67. The average molecular weight is 182 g/mol. The number of carbonyl (C=O) groups excluding carboxylic acids is 1. The maximum absolute atomic E-state index is 10.2. The van der Waals surface area contributed by atoms with Crippen LogP contribution in [0.25, 0.3) is 0 Å². The number of hydrogen-bond acceptors (Lipinski definition) is 2. The summed E-state index contributed by atoms with van der Waals surface area (Å²) in [7, 11) is -1.68. The monoisotopic (exact) mass is 182 g/mol. The van der Waals surface area contributed by atoms with E-state index in [9.17, 15) is 4.79 Å². The number of hydrogen-bond donors (Lipinski definition) is 0. The predicted molar refractivity (Wildman–Crippen MR) is 51.9 cm³/mol. The van der Waals surface area contributed by atoms with E-state index < -0.39 is 8.24 Å². The molecule has 0 bridgehead atoms. The molecule has 0 N–H and O–H groups in total. The molecule has 67 valence electrons. The Hall–Kier alpha value is -0.403. The maximum atomic E-state index is 10.2. The zero-order valence-electron chi connectivity index (χ0n) is 7.89. The molecule has 0 aromatic heterocycles. The third-order valence-corrected chi connectivity index (χ3v) is 5.53. The third kappa shape index (κ3) is 2.29. The van der Waals surface area contributed by atoms with Gasteiger partial charge in [0, 0.05) is 0 Å². The molecule has 3 heteroatoms. The molecular weight excluding hydrogens is 166 g/mol. The van der Waals surface area contributed by atoms with Gasteiger partial charge in [0.25, 0.3) is 0 Å². The standard InChI is InChI=1S/C9H16NOSi/c1-12(2,10-8-11)9-6-4-3-5-7-9/h3-7H2,1-2H3. The van der Waals surface area contributed by atoms with Crippen LogP contribution in [0.1, 0.15) is 32.1 Å². The van der Waals surface area contributed by atoms with Crippen LogP contribution < -0.4 is 0 Å². The molecule has 1 aliphatic carbocycles. The molecule has 0 saturated heterocycles. The van der Waals surface area contributed by atoms with Gasteiger partial charge in [-0.25, -0.2) is 9.45 Å². The Morgan fingerprint density at radius 3 is 2.33 bits per heavy atom. The molecule has 1 saturated carbocycles. The van der Waals surface area contributed by atoms with Crippen LogP contribution in [0.4, 0.5) is 0 Å². The minimum atomic E-state index is -1.68. The minimum absolute atomic E-state index is 1.20. The molecule has 12 heavy (non-hydrogen) atoms. The van der Waals surface area contributed by atoms with Gasteiger partial charge in [-0.2, -0.15) is 0 Å².